The van der Waals surface area contributed by atoms with Crippen LogP contribution >= 0.6 is 11.3 Å². The highest BCUT2D eigenvalue weighted by Crippen LogP contribution is 2.31. The Morgan fingerprint density at radius 1 is 1.15 bits per heavy atom. The van der Waals surface area contributed by atoms with Crippen molar-refractivity contribution in [1.29, 1.82) is 0 Å². The lowest BCUT2D eigenvalue weighted by molar-refractivity contribution is 0.271. The van der Waals surface area contributed by atoms with E-state index in [1.165, 1.54) is 27.8 Å². The first-order valence-electron chi connectivity index (χ1n) is 8.17. The van der Waals surface area contributed by atoms with E-state index >= 15 is 0 Å². The van der Waals surface area contributed by atoms with E-state index in [2.05, 4.69) is 10.1 Å². The highest BCUT2D eigenvalue weighted by molar-refractivity contribution is 7.91. The normalized spacial score (nSPS) is 16.8. The van der Waals surface area contributed by atoms with Crippen molar-refractivity contribution >= 4 is 21.4 Å². The van der Waals surface area contributed by atoms with E-state index in [-0.39, 0.29) is 11.7 Å². The van der Waals surface area contributed by atoms with Crippen LogP contribution < -0.4 is 0 Å². The summed E-state index contributed by atoms with van der Waals surface area (Å²) in [5, 5.41) is 5.72. The van der Waals surface area contributed by atoms with Crippen molar-refractivity contribution in [2.45, 2.75) is 23.0 Å². The summed E-state index contributed by atoms with van der Waals surface area (Å²) >= 11 is 1.23. The molecule has 6 nitrogen and oxygen atoms in total. The van der Waals surface area contributed by atoms with Gasteiger partial charge in [-0.3, -0.25) is 0 Å². The fourth-order valence-corrected chi connectivity index (χ4v) is 5.61. The second-order valence-electron chi connectivity index (χ2n) is 6.07. The molecule has 1 fully saturated rings. The van der Waals surface area contributed by atoms with Gasteiger partial charge in [0.05, 0.1) is 0 Å². The molecule has 1 aromatic carbocycles. The fourth-order valence-electron chi connectivity index (χ4n) is 3.00. The number of hydrogen-bond donors (Lipinski definition) is 0. The third kappa shape index (κ3) is 3.29. The summed E-state index contributed by atoms with van der Waals surface area (Å²) in [6, 6.07) is 9.25. The molecule has 136 valence electrons. The largest absolute Gasteiger partial charge is 0.339 e. The summed E-state index contributed by atoms with van der Waals surface area (Å²) < 4.78 is 45.4. The maximum atomic E-state index is 13.0. The Kier molecular flexibility index (Phi) is 4.60. The molecule has 3 heterocycles. The number of piperidine rings is 1. The van der Waals surface area contributed by atoms with Crippen molar-refractivity contribution in [3.63, 3.8) is 0 Å². The zero-order chi connectivity index (χ0) is 18.1. The number of nitrogens with zero attached hydrogens (tertiary/aromatic N) is 3. The minimum absolute atomic E-state index is 0.0199. The lowest BCUT2D eigenvalue weighted by Gasteiger charge is -2.29. The van der Waals surface area contributed by atoms with Gasteiger partial charge in [0.15, 0.2) is 0 Å². The summed E-state index contributed by atoms with van der Waals surface area (Å²) in [6.45, 7) is 0.832. The van der Waals surface area contributed by atoms with E-state index in [0.717, 1.165) is 0 Å². The summed E-state index contributed by atoms with van der Waals surface area (Å²) in [7, 11) is -3.42. The standard InChI is InChI=1S/C17H16FN3O3S2/c18-14-5-3-12(4-6-14)16-19-17(24-20-16)13-7-9-21(10-8-13)26(22,23)15-2-1-11-25-15/h1-6,11,13H,7-10H2. The van der Waals surface area contributed by atoms with Gasteiger partial charge in [0.1, 0.15) is 10.0 Å². The van der Waals surface area contributed by atoms with Gasteiger partial charge in [0, 0.05) is 24.6 Å². The Labute approximate surface area is 154 Å². The van der Waals surface area contributed by atoms with Crippen LogP contribution in [0.25, 0.3) is 11.4 Å². The van der Waals surface area contributed by atoms with Crippen LogP contribution in [0.3, 0.4) is 0 Å². The minimum Gasteiger partial charge on any atom is -0.339 e. The van der Waals surface area contributed by atoms with Crippen LogP contribution in [0.1, 0.15) is 24.7 Å². The Morgan fingerprint density at radius 3 is 2.54 bits per heavy atom. The molecule has 0 N–H and O–H groups in total. The van der Waals surface area contributed by atoms with Crippen LogP contribution in [-0.4, -0.2) is 36.0 Å². The van der Waals surface area contributed by atoms with Gasteiger partial charge in [-0.25, -0.2) is 12.8 Å². The molecule has 0 bridgehead atoms. The van der Waals surface area contributed by atoms with Crippen LogP contribution in [-0.2, 0) is 10.0 Å². The van der Waals surface area contributed by atoms with Crippen molar-refractivity contribution in [3.05, 3.63) is 53.5 Å². The predicted molar refractivity (Wildman–Crippen MR) is 94.7 cm³/mol. The third-order valence-electron chi connectivity index (χ3n) is 4.44. The first kappa shape index (κ1) is 17.3. The third-order valence-corrected chi connectivity index (χ3v) is 7.71. The van der Waals surface area contributed by atoms with Gasteiger partial charge in [0.25, 0.3) is 10.0 Å². The van der Waals surface area contributed by atoms with Crippen LogP contribution in [0.15, 0.2) is 50.5 Å². The number of benzene rings is 1. The van der Waals surface area contributed by atoms with E-state index < -0.39 is 10.0 Å². The quantitative estimate of drug-likeness (QED) is 0.678. The molecule has 26 heavy (non-hydrogen) atoms. The molecule has 1 aliphatic rings. The van der Waals surface area contributed by atoms with Crippen molar-refractivity contribution in [2.75, 3.05) is 13.1 Å². The molecular weight excluding hydrogens is 377 g/mol. The maximum Gasteiger partial charge on any atom is 0.252 e. The number of thiophene rings is 1. The topological polar surface area (TPSA) is 76.3 Å². The smallest absolute Gasteiger partial charge is 0.252 e. The molecule has 0 spiro atoms. The highest BCUT2D eigenvalue weighted by atomic mass is 32.2. The van der Waals surface area contributed by atoms with E-state index in [0.29, 0.717) is 47.4 Å². The Morgan fingerprint density at radius 2 is 1.88 bits per heavy atom. The van der Waals surface area contributed by atoms with Crippen LogP contribution in [0, 0.1) is 5.82 Å². The van der Waals surface area contributed by atoms with Gasteiger partial charge in [0.2, 0.25) is 11.7 Å². The summed E-state index contributed by atoms with van der Waals surface area (Å²) in [4.78, 5) is 4.40. The van der Waals surface area contributed by atoms with E-state index in [4.69, 9.17) is 4.52 Å². The molecular formula is C17H16FN3O3S2. The van der Waals surface area contributed by atoms with Gasteiger partial charge in [-0.15, -0.1) is 11.3 Å². The molecule has 4 rings (SSSR count). The molecule has 0 saturated carbocycles. The molecule has 1 saturated heterocycles. The molecule has 2 aromatic heterocycles. The first-order valence-corrected chi connectivity index (χ1v) is 10.5. The average molecular weight is 393 g/mol. The number of sulfonamides is 1. The molecule has 0 unspecified atom stereocenters. The van der Waals surface area contributed by atoms with Gasteiger partial charge < -0.3 is 4.52 Å². The van der Waals surface area contributed by atoms with Gasteiger partial charge in [-0.2, -0.15) is 9.29 Å². The van der Waals surface area contributed by atoms with Crippen molar-refractivity contribution in [1.82, 2.24) is 14.4 Å². The fraction of sp³-hybridized carbons (Fsp3) is 0.294. The van der Waals surface area contributed by atoms with Crippen LogP contribution in [0.5, 0.6) is 0 Å². The van der Waals surface area contributed by atoms with Gasteiger partial charge in [-0.05, 0) is 48.6 Å². The van der Waals surface area contributed by atoms with Crippen molar-refractivity contribution < 1.29 is 17.3 Å². The lowest BCUT2D eigenvalue weighted by atomic mass is 9.98. The van der Waals surface area contributed by atoms with Crippen molar-refractivity contribution in [2.24, 2.45) is 0 Å². The molecule has 1 aliphatic heterocycles. The number of aromatic nitrogens is 2. The SMILES string of the molecule is O=S(=O)(c1cccs1)N1CCC(c2nc(-c3ccc(F)cc3)no2)CC1. The van der Waals surface area contributed by atoms with Crippen LogP contribution in [0.4, 0.5) is 4.39 Å². The summed E-state index contributed by atoms with van der Waals surface area (Å²) in [5.41, 5.74) is 0.680. The number of rotatable bonds is 4. The van der Waals surface area contributed by atoms with E-state index in [1.54, 1.807) is 29.6 Å². The monoisotopic (exact) mass is 393 g/mol. The summed E-state index contributed by atoms with van der Waals surface area (Å²) in [5.74, 6) is 0.606. The Bertz CT molecular complexity index is 977. The zero-order valence-electron chi connectivity index (χ0n) is 13.7. The molecule has 3 aromatic rings. The van der Waals surface area contributed by atoms with Gasteiger partial charge in [-0.1, -0.05) is 11.2 Å². The van der Waals surface area contributed by atoms with E-state index in [1.807, 2.05) is 0 Å². The Balaban J connectivity index is 1.45. The molecule has 0 atom stereocenters. The molecule has 0 radical (unpaired) electrons. The highest BCUT2D eigenvalue weighted by Gasteiger charge is 2.32. The number of hydrogen-bond acceptors (Lipinski definition) is 6. The number of halogens is 1. The molecule has 0 amide bonds. The van der Waals surface area contributed by atoms with E-state index in [9.17, 15) is 12.8 Å². The minimum atomic E-state index is -3.42. The maximum absolute atomic E-state index is 13.0. The van der Waals surface area contributed by atoms with Gasteiger partial charge >= 0.3 is 0 Å². The zero-order valence-corrected chi connectivity index (χ0v) is 15.3. The molecule has 9 heteroatoms. The van der Waals surface area contributed by atoms with Crippen LogP contribution in [0.2, 0.25) is 0 Å². The Hall–Kier alpha value is -2.10. The second-order valence-corrected chi connectivity index (χ2v) is 9.19. The van der Waals surface area contributed by atoms with Crippen molar-refractivity contribution in [3.8, 4) is 11.4 Å². The second kappa shape index (κ2) is 6.90. The molecule has 0 aliphatic carbocycles. The average Bonchev–Trinajstić information content (AvgIpc) is 3.35. The summed E-state index contributed by atoms with van der Waals surface area (Å²) in [6.07, 6.45) is 1.24. The predicted octanol–water partition coefficient (Wildman–Crippen LogP) is 3.51. The first-order chi connectivity index (χ1) is 12.5. The lowest BCUT2D eigenvalue weighted by Crippen LogP contribution is -2.37.